The third-order valence-electron chi connectivity index (χ3n) is 5.10. The number of hydrogen-bond acceptors (Lipinski definition) is 2. The molecule has 2 fully saturated rings. The van der Waals surface area contributed by atoms with Crippen LogP contribution in [0.4, 0.5) is 0 Å². The first-order chi connectivity index (χ1) is 9.71. The summed E-state index contributed by atoms with van der Waals surface area (Å²) in [5.41, 5.74) is 3.10. The maximum atomic E-state index is 4.63. The van der Waals surface area contributed by atoms with Gasteiger partial charge in [0.2, 0.25) is 0 Å². The summed E-state index contributed by atoms with van der Waals surface area (Å²) in [5.74, 6) is 0. The molecule has 3 heteroatoms. The van der Waals surface area contributed by atoms with E-state index in [0.717, 1.165) is 12.6 Å². The van der Waals surface area contributed by atoms with Gasteiger partial charge in [0.1, 0.15) is 0 Å². The summed E-state index contributed by atoms with van der Waals surface area (Å²) in [5, 5.41) is 8.43. The zero-order valence-electron chi connectivity index (χ0n) is 13.1. The molecule has 0 unspecified atom stereocenters. The van der Waals surface area contributed by atoms with Gasteiger partial charge in [-0.3, -0.25) is 4.68 Å². The molecule has 2 aliphatic carbocycles. The van der Waals surface area contributed by atoms with Gasteiger partial charge in [-0.05, 0) is 57.4 Å². The largest absolute Gasteiger partial charge is 0.313 e. The first kappa shape index (κ1) is 14.1. The zero-order chi connectivity index (χ0) is 14.0. The molecular formula is C17H29N3. The van der Waals surface area contributed by atoms with Crippen LogP contribution < -0.4 is 5.32 Å². The Balaban J connectivity index is 1.73. The summed E-state index contributed by atoms with van der Waals surface area (Å²) in [7, 11) is 0. The number of nitrogens with one attached hydrogen (secondary N) is 1. The summed E-state index contributed by atoms with van der Waals surface area (Å²) in [6, 6.07) is 3.13. The average molecular weight is 275 g/mol. The molecule has 0 bridgehead atoms. The maximum Gasteiger partial charge on any atom is 0.0596 e. The summed E-state index contributed by atoms with van der Waals surface area (Å²) < 4.78 is 2.21. The first-order valence-corrected chi connectivity index (χ1v) is 8.47. The van der Waals surface area contributed by atoms with Crippen LogP contribution in [0.1, 0.15) is 63.3 Å². The third-order valence-corrected chi connectivity index (χ3v) is 5.10. The van der Waals surface area contributed by atoms with Gasteiger partial charge in [0.15, 0.2) is 0 Å². The van der Waals surface area contributed by atoms with Crippen LogP contribution in [-0.2, 0) is 13.0 Å². The Kier molecular flexibility index (Phi) is 4.16. The molecular weight excluding hydrogens is 246 g/mol. The van der Waals surface area contributed by atoms with Crippen molar-refractivity contribution >= 4 is 0 Å². The smallest absolute Gasteiger partial charge is 0.0596 e. The van der Waals surface area contributed by atoms with Gasteiger partial charge in [0.05, 0.1) is 5.69 Å². The second-order valence-corrected chi connectivity index (χ2v) is 6.99. The van der Waals surface area contributed by atoms with Crippen LogP contribution in [0.5, 0.6) is 0 Å². The Morgan fingerprint density at radius 2 is 2.05 bits per heavy atom. The lowest BCUT2D eigenvalue weighted by molar-refractivity contribution is 0.176. The van der Waals surface area contributed by atoms with E-state index in [1.165, 1.54) is 69.3 Å². The van der Waals surface area contributed by atoms with E-state index in [0.29, 0.717) is 5.41 Å². The summed E-state index contributed by atoms with van der Waals surface area (Å²) in [6.07, 6.45) is 11.0. The van der Waals surface area contributed by atoms with E-state index in [2.05, 4.69) is 35.0 Å². The summed E-state index contributed by atoms with van der Waals surface area (Å²) in [6.45, 7) is 6.53. The van der Waals surface area contributed by atoms with E-state index in [1.54, 1.807) is 0 Å². The van der Waals surface area contributed by atoms with E-state index < -0.39 is 0 Å². The molecule has 1 N–H and O–H groups in total. The quantitative estimate of drug-likeness (QED) is 0.861. The van der Waals surface area contributed by atoms with Crippen molar-refractivity contribution in [3.63, 3.8) is 0 Å². The number of aromatic nitrogens is 2. The van der Waals surface area contributed by atoms with Crippen LogP contribution in [0.15, 0.2) is 6.07 Å². The van der Waals surface area contributed by atoms with E-state index in [1.807, 2.05) is 0 Å². The average Bonchev–Trinajstić information content (AvgIpc) is 3.22. The second kappa shape index (κ2) is 5.88. The molecule has 2 aliphatic rings. The predicted molar refractivity (Wildman–Crippen MR) is 82.9 cm³/mol. The van der Waals surface area contributed by atoms with E-state index in [9.17, 15) is 0 Å². The van der Waals surface area contributed by atoms with Gasteiger partial charge in [-0.25, -0.2) is 0 Å². The van der Waals surface area contributed by atoms with Crippen molar-refractivity contribution in [2.45, 2.75) is 77.8 Å². The van der Waals surface area contributed by atoms with Crippen LogP contribution >= 0.6 is 0 Å². The molecule has 3 rings (SSSR count). The van der Waals surface area contributed by atoms with Gasteiger partial charge < -0.3 is 5.32 Å². The predicted octanol–water partition coefficient (Wildman–Crippen LogP) is 3.46. The lowest BCUT2D eigenvalue weighted by Crippen LogP contribution is -2.39. The Hall–Kier alpha value is -0.830. The highest BCUT2D eigenvalue weighted by molar-refractivity contribution is 5.12. The molecule has 3 nitrogen and oxygen atoms in total. The SMILES string of the molecule is CCn1nc(C)cc1CC1(CNC2CC2)CCCCC1. The molecule has 1 aromatic rings. The van der Waals surface area contributed by atoms with Crippen molar-refractivity contribution in [3.05, 3.63) is 17.5 Å². The van der Waals surface area contributed by atoms with Crippen LogP contribution in [0.25, 0.3) is 0 Å². The molecule has 1 aromatic heterocycles. The van der Waals surface area contributed by atoms with Gasteiger partial charge in [-0.1, -0.05) is 19.3 Å². The van der Waals surface area contributed by atoms with Gasteiger partial charge in [-0.2, -0.15) is 5.10 Å². The van der Waals surface area contributed by atoms with E-state index >= 15 is 0 Å². The minimum absolute atomic E-state index is 0.486. The number of aryl methyl sites for hydroxylation is 2. The minimum Gasteiger partial charge on any atom is -0.313 e. The highest BCUT2D eigenvalue weighted by Crippen LogP contribution is 2.39. The number of hydrogen-bond donors (Lipinski definition) is 1. The Labute approximate surface area is 123 Å². The first-order valence-electron chi connectivity index (χ1n) is 8.47. The zero-order valence-corrected chi connectivity index (χ0v) is 13.1. The molecule has 0 atom stereocenters. The lowest BCUT2D eigenvalue weighted by Gasteiger charge is -2.38. The highest BCUT2D eigenvalue weighted by atomic mass is 15.3. The van der Waals surface area contributed by atoms with Crippen molar-refractivity contribution < 1.29 is 0 Å². The topological polar surface area (TPSA) is 29.9 Å². The summed E-state index contributed by atoms with van der Waals surface area (Å²) >= 11 is 0. The van der Waals surface area contributed by atoms with Crippen LogP contribution in [0, 0.1) is 12.3 Å². The molecule has 2 saturated carbocycles. The molecule has 1 heterocycles. The third kappa shape index (κ3) is 3.25. The lowest BCUT2D eigenvalue weighted by atomic mass is 9.71. The Bertz CT molecular complexity index is 439. The van der Waals surface area contributed by atoms with Crippen molar-refractivity contribution in [2.24, 2.45) is 5.41 Å². The maximum absolute atomic E-state index is 4.63. The van der Waals surface area contributed by atoms with Gasteiger partial charge in [-0.15, -0.1) is 0 Å². The molecule has 0 saturated heterocycles. The second-order valence-electron chi connectivity index (χ2n) is 6.99. The Morgan fingerprint density at radius 3 is 2.70 bits per heavy atom. The fourth-order valence-electron chi connectivity index (χ4n) is 3.77. The molecule has 0 amide bonds. The van der Waals surface area contributed by atoms with Gasteiger partial charge in [0.25, 0.3) is 0 Å². The number of nitrogens with zero attached hydrogens (tertiary/aromatic N) is 2. The highest BCUT2D eigenvalue weighted by Gasteiger charge is 2.35. The van der Waals surface area contributed by atoms with Crippen LogP contribution in [-0.4, -0.2) is 22.4 Å². The van der Waals surface area contributed by atoms with Gasteiger partial charge >= 0.3 is 0 Å². The van der Waals surface area contributed by atoms with Crippen LogP contribution in [0.3, 0.4) is 0 Å². The molecule has 0 spiro atoms. The van der Waals surface area contributed by atoms with E-state index in [4.69, 9.17) is 0 Å². The van der Waals surface area contributed by atoms with Crippen molar-refractivity contribution in [3.8, 4) is 0 Å². The van der Waals surface area contributed by atoms with Crippen LogP contribution in [0.2, 0.25) is 0 Å². The normalized spacial score (nSPS) is 22.1. The van der Waals surface area contributed by atoms with Crippen molar-refractivity contribution in [1.29, 1.82) is 0 Å². The van der Waals surface area contributed by atoms with E-state index in [-0.39, 0.29) is 0 Å². The monoisotopic (exact) mass is 275 g/mol. The Morgan fingerprint density at radius 1 is 1.30 bits per heavy atom. The summed E-state index contributed by atoms with van der Waals surface area (Å²) in [4.78, 5) is 0. The van der Waals surface area contributed by atoms with Gasteiger partial charge in [0, 0.05) is 24.8 Å². The van der Waals surface area contributed by atoms with Crippen molar-refractivity contribution in [2.75, 3.05) is 6.54 Å². The molecule has 0 aromatic carbocycles. The molecule has 112 valence electrons. The molecule has 0 aliphatic heterocycles. The number of rotatable bonds is 6. The fourth-order valence-corrected chi connectivity index (χ4v) is 3.77. The molecule has 0 radical (unpaired) electrons. The molecule has 20 heavy (non-hydrogen) atoms. The minimum atomic E-state index is 0.486. The fraction of sp³-hybridized carbons (Fsp3) is 0.824. The van der Waals surface area contributed by atoms with Crippen molar-refractivity contribution in [1.82, 2.24) is 15.1 Å². The standard InChI is InChI=1S/C17H29N3/c1-3-20-16(11-14(2)19-20)12-17(9-5-4-6-10-17)13-18-15-7-8-15/h11,15,18H,3-10,12-13H2,1-2H3.